The minimum Gasteiger partial charge on any atom is -0.493 e. The fourth-order valence-corrected chi connectivity index (χ4v) is 3.05. The summed E-state index contributed by atoms with van der Waals surface area (Å²) in [6.45, 7) is 1.43. The fraction of sp³-hybridized carbons (Fsp3) is 0.562. The molecule has 0 radical (unpaired) electrons. The number of carbonyl (C=O) groups is 1. The summed E-state index contributed by atoms with van der Waals surface area (Å²) in [6, 6.07) is 6.22. The van der Waals surface area contributed by atoms with Gasteiger partial charge >= 0.3 is 0 Å². The molecule has 1 saturated carbocycles. The van der Waals surface area contributed by atoms with Gasteiger partial charge in [-0.2, -0.15) is 0 Å². The molecule has 0 spiro atoms. The molecule has 1 amide bonds. The molecule has 0 aromatic heterocycles. The predicted octanol–water partition coefficient (Wildman–Crippen LogP) is 2.82. The minimum atomic E-state index is 0.233. The Morgan fingerprint density at radius 2 is 2.11 bits per heavy atom. The van der Waals surface area contributed by atoms with Crippen LogP contribution in [0.1, 0.15) is 43.2 Å². The molecule has 1 aliphatic heterocycles. The zero-order valence-electron chi connectivity index (χ0n) is 11.3. The predicted molar refractivity (Wildman–Crippen MR) is 74.1 cm³/mol. The van der Waals surface area contributed by atoms with Gasteiger partial charge in [-0.15, -0.1) is 0 Å². The number of fused-ring (bicyclic) bond motifs is 1. The first-order valence-corrected chi connectivity index (χ1v) is 7.35. The summed E-state index contributed by atoms with van der Waals surface area (Å²) < 4.78 is 5.49. The molecule has 0 atom stereocenters. The molecule has 1 aromatic rings. The number of ether oxygens (including phenoxy) is 1. The van der Waals surface area contributed by atoms with Crippen molar-refractivity contribution in [1.82, 2.24) is 5.32 Å². The normalized spacial score (nSPS) is 18.7. The van der Waals surface area contributed by atoms with Crippen LogP contribution in [0.3, 0.4) is 0 Å². The monoisotopic (exact) mass is 259 g/mol. The second-order valence-electron chi connectivity index (χ2n) is 5.59. The third kappa shape index (κ3) is 2.91. The Morgan fingerprint density at radius 3 is 2.95 bits per heavy atom. The van der Waals surface area contributed by atoms with Crippen LogP contribution in [0.4, 0.5) is 0 Å². The summed E-state index contributed by atoms with van der Waals surface area (Å²) >= 11 is 0. The van der Waals surface area contributed by atoms with Crippen LogP contribution in [0.25, 0.3) is 0 Å². The fourth-order valence-electron chi connectivity index (χ4n) is 3.05. The van der Waals surface area contributed by atoms with E-state index in [2.05, 4.69) is 11.4 Å². The maximum absolute atomic E-state index is 12.1. The zero-order valence-corrected chi connectivity index (χ0v) is 11.3. The van der Waals surface area contributed by atoms with E-state index in [1.54, 1.807) is 0 Å². The molecular weight excluding hydrogens is 238 g/mol. The van der Waals surface area contributed by atoms with Crippen molar-refractivity contribution in [3.63, 3.8) is 0 Å². The topological polar surface area (TPSA) is 38.3 Å². The molecule has 1 aromatic carbocycles. The van der Waals surface area contributed by atoms with E-state index < -0.39 is 0 Å². The number of benzene rings is 1. The lowest BCUT2D eigenvalue weighted by molar-refractivity contribution is -0.126. The lowest BCUT2D eigenvalue weighted by Gasteiger charge is -2.20. The molecule has 1 fully saturated rings. The molecule has 19 heavy (non-hydrogen) atoms. The van der Waals surface area contributed by atoms with E-state index in [0.29, 0.717) is 6.54 Å². The average Bonchev–Trinajstić information content (AvgIpc) is 2.93. The van der Waals surface area contributed by atoms with Crippen molar-refractivity contribution in [3.8, 4) is 5.75 Å². The number of carbonyl (C=O) groups excluding carboxylic acids is 1. The van der Waals surface area contributed by atoms with Crippen LogP contribution >= 0.6 is 0 Å². The van der Waals surface area contributed by atoms with Crippen LogP contribution in [0.15, 0.2) is 18.2 Å². The van der Waals surface area contributed by atoms with Crippen molar-refractivity contribution < 1.29 is 9.53 Å². The number of rotatable bonds is 3. The molecule has 0 unspecified atom stereocenters. The third-order valence-electron chi connectivity index (χ3n) is 4.20. The molecule has 3 heteroatoms. The highest BCUT2D eigenvalue weighted by atomic mass is 16.5. The van der Waals surface area contributed by atoms with Gasteiger partial charge in [-0.1, -0.05) is 31.4 Å². The van der Waals surface area contributed by atoms with Gasteiger partial charge in [-0.25, -0.2) is 0 Å². The minimum absolute atomic E-state index is 0.233. The largest absolute Gasteiger partial charge is 0.493 e. The standard InChI is InChI=1S/C16H21NO2/c18-16(13-4-2-1-3-5-13)17-11-12-6-7-15-14(10-12)8-9-19-15/h6-7,10,13H,1-5,8-9,11H2,(H,17,18). The van der Waals surface area contributed by atoms with Gasteiger partial charge in [-0.3, -0.25) is 4.79 Å². The highest BCUT2D eigenvalue weighted by molar-refractivity contribution is 5.78. The Bertz CT molecular complexity index is 464. The van der Waals surface area contributed by atoms with Crippen molar-refractivity contribution in [3.05, 3.63) is 29.3 Å². The first kappa shape index (κ1) is 12.5. The lowest BCUT2D eigenvalue weighted by atomic mass is 9.88. The van der Waals surface area contributed by atoms with Gasteiger partial charge in [0.15, 0.2) is 0 Å². The summed E-state index contributed by atoms with van der Waals surface area (Å²) in [5, 5.41) is 3.08. The number of hydrogen-bond donors (Lipinski definition) is 1. The number of nitrogens with one attached hydrogen (secondary N) is 1. The maximum atomic E-state index is 12.1. The molecule has 3 rings (SSSR count). The molecule has 0 saturated heterocycles. The van der Waals surface area contributed by atoms with E-state index in [1.165, 1.54) is 30.4 Å². The quantitative estimate of drug-likeness (QED) is 0.906. The van der Waals surface area contributed by atoms with Gasteiger partial charge in [0.25, 0.3) is 0 Å². The SMILES string of the molecule is O=C(NCc1ccc2c(c1)CCO2)C1CCCCC1. The van der Waals surface area contributed by atoms with Gasteiger partial charge in [0, 0.05) is 18.9 Å². The number of amides is 1. The van der Waals surface area contributed by atoms with Crippen molar-refractivity contribution in [1.29, 1.82) is 0 Å². The smallest absolute Gasteiger partial charge is 0.223 e. The van der Waals surface area contributed by atoms with Crippen LogP contribution in [0, 0.1) is 5.92 Å². The zero-order chi connectivity index (χ0) is 13.1. The Hall–Kier alpha value is -1.51. The number of hydrogen-bond acceptors (Lipinski definition) is 2. The van der Waals surface area contributed by atoms with Crippen molar-refractivity contribution >= 4 is 5.91 Å². The van der Waals surface area contributed by atoms with Crippen molar-refractivity contribution in [2.24, 2.45) is 5.92 Å². The van der Waals surface area contributed by atoms with Gasteiger partial charge in [-0.05, 0) is 30.0 Å². The second-order valence-corrected chi connectivity index (χ2v) is 5.59. The first-order chi connectivity index (χ1) is 9.33. The van der Waals surface area contributed by atoms with Gasteiger partial charge in [0.05, 0.1) is 6.61 Å². The van der Waals surface area contributed by atoms with Crippen LogP contribution < -0.4 is 10.1 Å². The van der Waals surface area contributed by atoms with E-state index in [9.17, 15) is 4.79 Å². The van der Waals surface area contributed by atoms with E-state index >= 15 is 0 Å². The Morgan fingerprint density at radius 1 is 1.26 bits per heavy atom. The van der Waals surface area contributed by atoms with Gasteiger partial charge in [0.2, 0.25) is 5.91 Å². The molecule has 102 valence electrons. The Labute approximate surface area is 114 Å². The third-order valence-corrected chi connectivity index (χ3v) is 4.20. The maximum Gasteiger partial charge on any atom is 0.223 e. The van der Waals surface area contributed by atoms with Crippen LogP contribution in [-0.4, -0.2) is 12.5 Å². The van der Waals surface area contributed by atoms with Gasteiger partial charge < -0.3 is 10.1 Å². The van der Waals surface area contributed by atoms with Crippen molar-refractivity contribution in [2.75, 3.05) is 6.61 Å². The summed E-state index contributed by atoms with van der Waals surface area (Å²) in [5.74, 6) is 1.48. The molecule has 1 heterocycles. The summed E-state index contributed by atoms with van der Waals surface area (Å²) in [6.07, 6.45) is 6.80. The van der Waals surface area contributed by atoms with E-state index in [0.717, 1.165) is 31.6 Å². The Balaban J connectivity index is 1.55. The summed E-state index contributed by atoms with van der Waals surface area (Å²) in [7, 11) is 0. The highest BCUT2D eigenvalue weighted by Gasteiger charge is 2.20. The molecule has 1 N–H and O–H groups in total. The average molecular weight is 259 g/mol. The van der Waals surface area contributed by atoms with E-state index in [1.807, 2.05) is 12.1 Å². The Kier molecular flexibility index (Phi) is 3.72. The molecule has 1 aliphatic carbocycles. The second kappa shape index (κ2) is 5.64. The first-order valence-electron chi connectivity index (χ1n) is 7.35. The van der Waals surface area contributed by atoms with Crippen LogP contribution in [0.2, 0.25) is 0 Å². The van der Waals surface area contributed by atoms with E-state index in [-0.39, 0.29) is 11.8 Å². The van der Waals surface area contributed by atoms with Crippen molar-refractivity contribution in [2.45, 2.75) is 45.1 Å². The summed E-state index contributed by atoms with van der Waals surface area (Å²) in [5.41, 5.74) is 2.44. The highest BCUT2D eigenvalue weighted by Crippen LogP contribution is 2.26. The molecule has 0 bridgehead atoms. The lowest BCUT2D eigenvalue weighted by Crippen LogP contribution is -2.31. The summed E-state index contributed by atoms with van der Waals surface area (Å²) in [4.78, 5) is 12.1. The van der Waals surface area contributed by atoms with Crippen LogP contribution in [0.5, 0.6) is 5.75 Å². The van der Waals surface area contributed by atoms with E-state index in [4.69, 9.17) is 4.74 Å². The molecular formula is C16H21NO2. The van der Waals surface area contributed by atoms with Crippen LogP contribution in [-0.2, 0) is 17.8 Å². The van der Waals surface area contributed by atoms with Gasteiger partial charge in [0.1, 0.15) is 5.75 Å². The molecule has 2 aliphatic rings. The molecule has 3 nitrogen and oxygen atoms in total.